The van der Waals surface area contributed by atoms with Gasteiger partial charge < -0.3 is 9.88 Å². The number of fused-ring (bicyclic) bond motifs is 1. The molecule has 1 aromatic carbocycles. The van der Waals surface area contributed by atoms with E-state index in [-0.39, 0.29) is 6.04 Å². The van der Waals surface area contributed by atoms with Crippen LogP contribution in [0.2, 0.25) is 0 Å². The summed E-state index contributed by atoms with van der Waals surface area (Å²) >= 11 is 0. The molecule has 4 nitrogen and oxygen atoms in total. The fourth-order valence-corrected chi connectivity index (χ4v) is 2.37. The van der Waals surface area contributed by atoms with Gasteiger partial charge in [-0.3, -0.25) is 4.98 Å². The number of hydrogen-bond donors (Lipinski definition) is 1. The van der Waals surface area contributed by atoms with Crippen molar-refractivity contribution in [3.05, 3.63) is 54.1 Å². The average Bonchev–Trinajstić information content (AvgIpc) is 2.74. The number of hydrogen-bond acceptors (Lipinski definition) is 3. The zero-order valence-corrected chi connectivity index (χ0v) is 12.0. The number of aromatic nitrogens is 3. The predicted molar refractivity (Wildman–Crippen MR) is 81.7 cm³/mol. The summed E-state index contributed by atoms with van der Waals surface area (Å²) in [5, 5.41) is 3.47. The zero-order chi connectivity index (χ0) is 14.1. The number of pyridine rings is 1. The second-order valence-corrected chi connectivity index (χ2v) is 5.04. The standard InChI is InChI=1S/C16H18N4/c1-11(14-6-4-5-9-17-14)18-13-7-8-16-15(10-13)19-12(2)20(16)3/h4-11,18H,1-3H3. The van der Waals surface area contributed by atoms with E-state index in [2.05, 4.69) is 45.0 Å². The van der Waals surface area contributed by atoms with Gasteiger partial charge in [0.2, 0.25) is 0 Å². The normalized spacial score (nSPS) is 12.6. The Hall–Kier alpha value is -2.36. The van der Waals surface area contributed by atoms with Gasteiger partial charge in [-0.15, -0.1) is 0 Å². The maximum absolute atomic E-state index is 4.56. The van der Waals surface area contributed by atoms with Gasteiger partial charge in [0.05, 0.1) is 22.8 Å². The quantitative estimate of drug-likeness (QED) is 0.789. The Morgan fingerprint density at radius 3 is 2.80 bits per heavy atom. The van der Waals surface area contributed by atoms with Crippen LogP contribution in [-0.4, -0.2) is 14.5 Å². The number of nitrogens with one attached hydrogen (secondary N) is 1. The highest BCUT2D eigenvalue weighted by Crippen LogP contribution is 2.22. The molecule has 1 N–H and O–H groups in total. The van der Waals surface area contributed by atoms with Crippen LogP contribution in [-0.2, 0) is 7.05 Å². The Labute approximate surface area is 118 Å². The van der Waals surface area contributed by atoms with Crippen LogP contribution in [0.15, 0.2) is 42.6 Å². The lowest BCUT2D eigenvalue weighted by atomic mass is 10.2. The predicted octanol–water partition coefficient (Wildman–Crippen LogP) is 3.45. The van der Waals surface area contributed by atoms with Crippen molar-refractivity contribution in [3.63, 3.8) is 0 Å². The minimum Gasteiger partial charge on any atom is -0.377 e. The summed E-state index contributed by atoms with van der Waals surface area (Å²) in [5.74, 6) is 1.02. The first kappa shape index (κ1) is 12.7. The van der Waals surface area contributed by atoms with Gasteiger partial charge in [0, 0.05) is 18.9 Å². The lowest BCUT2D eigenvalue weighted by molar-refractivity contribution is 0.840. The Bertz CT molecular complexity index is 731. The van der Waals surface area contributed by atoms with Crippen molar-refractivity contribution < 1.29 is 0 Å². The van der Waals surface area contributed by atoms with E-state index in [9.17, 15) is 0 Å². The molecule has 1 unspecified atom stereocenters. The molecular weight excluding hydrogens is 248 g/mol. The SMILES string of the molecule is Cc1nc2cc(NC(C)c3ccccn3)ccc2n1C. The molecule has 102 valence electrons. The van der Waals surface area contributed by atoms with Crippen LogP contribution in [0.1, 0.15) is 24.5 Å². The molecule has 3 aromatic rings. The van der Waals surface area contributed by atoms with Crippen LogP contribution in [0.4, 0.5) is 5.69 Å². The minimum absolute atomic E-state index is 0.165. The Morgan fingerprint density at radius 2 is 2.05 bits per heavy atom. The highest BCUT2D eigenvalue weighted by molar-refractivity contribution is 5.80. The lowest BCUT2D eigenvalue weighted by Gasteiger charge is -2.14. The summed E-state index contributed by atoms with van der Waals surface area (Å²) < 4.78 is 2.10. The lowest BCUT2D eigenvalue weighted by Crippen LogP contribution is -2.07. The molecule has 0 aliphatic carbocycles. The molecule has 0 amide bonds. The van der Waals surface area contributed by atoms with Crippen LogP contribution in [0, 0.1) is 6.92 Å². The van der Waals surface area contributed by atoms with Gasteiger partial charge in [-0.1, -0.05) is 6.07 Å². The van der Waals surface area contributed by atoms with E-state index >= 15 is 0 Å². The zero-order valence-electron chi connectivity index (χ0n) is 12.0. The fraction of sp³-hybridized carbons (Fsp3) is 0.250. The van der Waals surface area contributed by atoms with E-state index in [4.69, 9.17) is 0 Å². The van der Waals surface area contributed by atoms with E-state index in [1.165, 1.54) is 0 Å². The van der Waals surface area contributed by atoms with Gasteiger partial charge in [-0.2, -0.15) is 0 Å². The van der Waals surface area contributed by atoms with E-state index in [1.807, 2.05) is 38.4 Å². The summed E-state index contributed by atoms with van der Waals surface area (Å²) in [6, 6.07) is 12.4. The second-order valence-electron chi connectivity index (χ2n) is 5.04. The summed E-state index contributed by atoms with van der Waals surface area (Å²) in [6.07, 6.45) is 1.82. The second kappa shape index (κ2) is 4.96. The molecule has 20 heavy (non-hydrogen) atoms. The van der Waals surface area contributed by atoms with Crippen molar-refractivity contribution >= 4 is 16.7 Å². The van der Waals surface area contributed by atoms with Crippen molar-refractivity contribution in [2.45, 2.75) is 19.9 Å². The molecular formula is C16H18N4. The molecule has 3 rings (SSSR count). The third kappa shape index (κ3) is 2.25. The topological polar surface area (TPSA) is 42.7 Å². The minimum atomic E-state index is 0.165. The third-order valence-electron chi connectivity index (χ3n) is 3.62. The highest BCUT2D eigenvalue weighted by atomic mass is 15.1. The Balaban J connectivity index is 1.88. The molecule has 2 aromatic heterocycles. The van der Waals surface area contributed by atoms with E-state index in [1.54, 1.807) is 0 Å². The number of aryl methyl sites for hydroxylation is 2. The van der Waals surface area contributed by atoms with Gasteiger partial charge in [0.1, 0.15) is 5.82 Å². The molecule has 0 saturated heterocycles. The van der Waals surface area contributed by atoms with Crippen molar-refractivity contribution in [1.29, 1.82) is 0 Å². The van der Waals surface area contributed by atoms with Crippen molar-refractivity contribution in [3.8, 4) is 0 Å². The number of nitrogens with zero attached hydrogens (tertiary/aromatic N) is 3. The molecule has 0 fully saturated rings. The van der Waals surface area contributed by atoms with E-state index < -0.39 is 0 Å². The van der Waals surface area contributed by atoms with Gasteiger partial charge in [0.15, 0.2) is 0 Å². The molecule has 0 saturated carbocycles. The first-order valence-electron chi connectivity index (χ1n) is 6.75. The summed E-state index contributed by atoms with van der Waals surface area (Å²) in [6.45, 7) is 4.12. The number of rotatable bonds is 3. The fourth-order valence-electron chi connectivity index (χ4n) is 2.37. The summed E-state index contributed by atoms with van der Waals surface area (Å²) in [5.41, 5.74) is 4.26. The van der Waals surface area contributed by atoms with Crippen LogP contribution < -0.4 is 5.32 Å². The van der Waals surface area contributed by atoms with Crippen LogP contribution in [0.25, 0.3) is 11.0 Å². The van der Waals surface area contributed by atoms with Crippen LogP contribution in [0.5, 0.6) is 0 Å². The van der Waals surface area contributed by atoms with Crippen LogP contribution >= 0.6 is 0 Å². The van der Waals surface area contributed by atoms with Gasteiger partial charge in [-0.05, 0) is 44.2 Å². The molecule has 1 atom stereocenters. The van der Waals surface area contributed by atoms with Crippen molar-refractivity contribution in [2.75, 3.05) is 5.32 Å². The third-order valence-corrected chi connectivity index (χ3v) is 3.62. The summed E-state index contributed by atoms with van der Waals surface area (Å²) in [7, 11) is 2.04. The van der Waals surface area contributed by atoms with Crippen molar-refractivity contribution in [2.24, 2.45) is 7.05 Å². The largest absolute Gasteiger partial charge is 0.377 e. The average molecular weight is 266 g/mol. The molecule has 0 spiro atoms. The molecule has 4 heteroatoms. The maximum atomic E-state index is 4.56. The Kier molecular flexibility index (Phi) is 3.14. The first-order valence-corrected chi connectivity index (χ1v) is 6.75. The van der Waals surface area contributed by atoms with Crippen LogP contribution in [0.3, 0.4) is 0 Å². The van der Waals surface area contributed by atoms with Gasteiger partial charge >= 0.3 is 0 Å². The number of imidazole rings is 1. The van der Waals surface area contributed by atoms with E-state index in [0.717, 1.165) is 28.2 Å². The molecule has 0 bridgehead atoms. The molecule has 0 aliphatic heterocycles. The van der Waals surface area contributed by atoms with Crippen molar-refractivity contribution in [1.82, 2.24) is 14.5 Å². The molecule has 2 heterocycles. The smallest absolute Gasteiger partial charge is 0.106 e. The number of benzene rings is 1. The first-order chi connectivity index (χ1) is 9.65. The molecule has 0 aliphatic rings. The van der Waals surface area contributed by atoms with Gasteiger partial charge in [-0.25, -0.2) is 4.98 Å². The Morgan fingerprint density at radius 1 is 1.20 bits per heavy atom. The maximum Gasteiger partial charge on any atom is 0.106 e. The monoisotopic (exact) mass is 266 g/mol. The summed E-state index contributed by atoms with van der Waals surface area (Å²) in [4.78, 5) is 8.93. The van der Waals surface area contributed by atoms with Gasteiger partial charge in [0.25, 0.3) is 0 Å². The highest BCUT2D eigenvalue weighted by Gasteiger charge is 2.08. The molecule has 0 radical (unpaired) electrons. The number of anilines is 1. The van der Waals surface area contributed by atoms with E-state index in [0.29, 0.717) is 0 Å².